The van der Waals surface area contributed by atoms with E-state index in [9.17, 15) is 0 Å². The van der Waals surface area contributed by atoms with Gasteiger partial charge in [-0.2, -0.15) is 0 Å². The number of fused-ring (bicyclic) bond motifs is 6. The molecular formula is C51H36. The quantitative estimate of drug-likeness (QED) is 0.167. The van der Waals surface area contributed by atoms with Gasteiger partial charge in [-0.3, -0.25) is 0 Å². The lowest BCUT2D eigenvalue weighted by molar-refractivity contribution is 0.660. The molecule has 0 nitrogen and oxygen atoms in total. The fourth-order valence-electron chi connectivity index (χ4n) is 8.80. The summed E-state index contributed by atoms with van der Waals surface area (Å²) in [5, 5.41) is 7.61. The zero-order valence-corrected chi connectivity index (χ0v) is 28.8. The molecule has 10 rings (SSSR count). The first kappa shape index (κ1) is 29.7. The summed E-state index contributed by atoms with van der Waals surface area (Å²) in [4.78, 5) is 0. The number of hydrogen-bond acceptors (Lipinski definition) is 0. The zero-order valence-electron chi connectivity index (χ0n) is 28.8. The van der Waals surface area contributed by atoms with Crippen molar-refractivity contribution in [3.8, 4) is 55.6 Å². The van der Waals surface area contributed by atoms with Crippen molar-refractivity contribution in [2.45, 2.75) is 19.3 Å². The lowest BCUT2D eigenvalue weighted by Gasteiger charge is -2.21. The van der Waals surface area contributed by atoms with Crippen molar-refractivity contribution in [3.05, 3.63) is 193 Å². The van der Waals surface area contributed by atoms with E-state index in [1.807, 2.05) is 0 Å². The van der Waals surface area contributed by atoms with Gasteiger partial charge in [0, 0.05) is 5.41 Å². The molecule has 0 atom stereocenters. The average molecular weight is 649 g/mol. The highest BCUT2D eigenvalue weighted by atomic mass is 14.4. The third kappa shape index (κ3) is 4.60. The normalized spacial score (nSPS) is 13.1. The second-order valence-electron chi connectivity index (χ2n) is 14.5. The zero-order chi connectivity index (χ0) is 34.1. The second-order valence-corrected chi connectivity index (χ2v) is 14.5. The fraction of sp³-hybridized carbons (Fsp3) is 0.0588. The molecule has 0 amide bonds. The molecule has 0 saturated carbocycles. The molecular weight excluding hydrogens is 613 g/mol. The van der Waals surface area contributed by atoms with E-state index in [4.69, 9.17) is 0 Å². The molecule has 0 N–H and O–H groups in total. The molecule has 0 heterocycles. The van der Waals surface area contributed by atoms with Gasteiger partial charge in [0.25, 0.3) is 0 Å². The topological polar surface area (TPSA) is 0 Å². The van der Waals surface area contributed by atoms with Crippen LogP contribution in [0.3, 0.4) is 0 Å². The van der Waals surface area contributed by atoms with E-state index < -0.39 is 0 Å². The van der Waals surface area contributed by atoms with Crippen molar-refractivity contribution in [2.75, 3.05) is 0 Å². The van der Waals surface area contributed by atoms with E-state index in [0.29, 0.717) is 0 Å². The van der Waals surface area contributed by atoms with Crippen LogP contribution in [-0.4, -0.2) is 0 Å². The summed E-state index contributed by atoms with van der Waals surface area (Å²) in [6, 6.07) is 67.4. The third-order valence-electron chi connectivity index (χ3n) is 11.3. The Morgan fingerprint density at radius 2 is 0.784 bits per heavy atom. The van der Waals surface area contributed by atoms with Crippen LogP contribution < -0.4 is 0 Å². The highest BCUT2D eigenvalue weighted by molar-refractivity contribution is 6.21. The van der Waals surface area contributed by atoms with Gasteiger partial charge in [-0.05, 0) is 111 Å². The Morgan fingerprint density at radius 1 is 0.294 bits per heavy atom. The largest absolute Gasteiger partial charge is 0.0619 e. The summed E-state index contributed by atoms with van der Waals surface area (Å²) in [6.45, 7) is 4.68. The van der Waals surface area contributed by atoms with Gasteiger partial charge < -0.3 is 0 Å². The maximum absolute atomic E-state index is 2.39. The highest BCUT2D eigenvalue weighted by Crippen LogP contribution is 2.50. The first-order chi connectivity index (χ1) is 25.1. The lowest BCUT2D eigenvalue weighted by Crippen LogP contribution is -2.14. The van der Waals surface area contributed by atoms with Gasteiger partial charge in [0.1, 0.15) is 0 Å². The summed E-state index contributed by atoms with van der Waals surface area (Å²) < 4.78 is 0. The summed E-state index contributed by atoms with van der Waals surface area (Å²) in [6.07, 6.45) is 0. The predicted octanol–water partition coefficient (Wildman–Crippen LogP) is 14.1. The average Bonchev–Trinajstić information content (AvgIpc) is 3.42. The van der Waals surface area contributed by atoms with Crippen molar-refractivity contribution in [1.29, 1.82) is 0 Å². The van der Waals surface area contributed by atoms with E-state index >= 15 is 0 Å². The van der Waals surface area contributed by atoms with Gasteiger partial charge in [0.15, 0.2) is 0 Å². The summed E-state index contributed by atoms with van der Waals surface area (Å²) in [5.74, 6) is 0. The fourth-order valence-corrected chi connectivity index (χ4v) is 8.80. The van der Waals surface area contributed by atoms with Gasteiger partial charge in [0.05, 0.1) is 0 Å². The molecule has 0 unspecified atom stereocenters. The van der Waals surface area contributed by atoms with Crippen LogP contribution in [0.15, 0.2) is 182 Å². The second kappa shape index (κ2) is 11.4. The SMILES string of the molecule is CC1(C)c2ccccc2-c2cc(-c3ccc(-c4c5ccccc5c(-c5cccc(-c6cccc7ccccc67)c5)c5ccccc45)cc3)ccc21. The Kier molecular flexibility index (Phi) is 6.63. The van der Waals surface area contributed by atoms with Crippen LogP contribution in [0.5, 0.6) is 0 Å². The number of benzene rings is 9. The monoisotopic (exact) mass is 648 g/mol. The van der Waals surface area contributed by atoms with Gasteiger partial charge in [-0.25, -0.2) is 0 Å². The molecule has 240 valence electrons. The smallest absolute Gasteiger partial charge is 0.0158 e. The van der Waals surface area contributed by atoms with Crippen molar-refractivity contribution in [3.63, 3.8) is 0 Å². The van der Waals surface area contributed by atoms with Crippen LogP contribution >= 0.6 is 0 Å². The summed E-state index contributed by atoms with van der Waals surface area (Å²) in [5.41, 5.74) is 15.6. The van der Waals surface area contributed by atoms with Crippen LogP contribution in [-0.2, 0) is 5.41 Å². The lowest BCUT2D eigenvalue weighted by atomic mass is 9.82. The minimum absolute atomic E-state index is 0.0137. The van der Waals surface area contributed by atoms with E-state index in [-0.39, 0.29) is 5.41 Å². The summed E-state index contributed by atoms with van der Waals surface area (Å²) in [7, 11) is 0. The molecule has 1 aliphatic rings. The molecule has 0 aromatic heterocycles. The van der Waals surface area contributed by atoms with E-state index in [1.54, 1.807) is 0 Å². The van der Waals surface area contributed by atoms with Gasteiger partial charge in [0.2, 0.25) is 0 Å². The molecule has 1 aliphatic carbocycles. The molecule has 9 aromatic rings. The minimum atomic E-state index is 0.0137. The van der Waals surface area contributed by atoms with Gasteiger partial charge in [-0.1, -0.05) is 184 Å². The van der Waals surface area contributed by atoms with E-state index in [1.165, 1.54) is 99.1 Å². The van der Waals surface area contributed by atoms with E-state index in [2.05, 4.69) is 196 Å². The van der Waals surface area contributed by atoms with Crippen LogP contribution in [0.4, 0.5) is 0 Å². The molecule has 0 saturated heterocycles. The first-order valence-electron chi connectivity index (χ1n) is 17.9. The molecule has 51 heavy (non-hydrogen) atoms. The number of hydrogen-bond donors (Lipinski definition) is 0. The Morgan fingerprint density at radius 3 is 1.51 bits per heavy atom. The Bertz CT molecular complexity index is 2750. The van der Waals surface area contributed by atoms with Crippen LogP contribution in [0.1, 0.15) is 25.0 Å². The van der Waals surface area contributed by atoms with E-state index in [0.717, 1.165) is 0 Å². The standard InChI is InChI=1S/C51H36/c1-51(2)47-24-10-9-18-41(47)46-32-36(29-30-48(46)51)33-25-27-35(28-26-33)49-42-19-5-7-21-44(42)50(45-22-8-6-20-43(45)49)38-16-11-15-37(31-38)40-23-12-14-34-13-3-4-17-39(34)40/h3-32H,1-2H3. The minimum Gasteiger partial charge on any atom is -0.0619 e. The Balaban J connectivity index is 1.11. The molecule has 0 spiro atoms. The third-order valence-corrected chi connectivity index (χ3v) is 11.3. The Hall–Kier alpha value is -6.24. The van der Waals surface area contributed by atoms with Crippen LogP contribution in [0.25, 0.3) is 88.0 Å². The van der Waals surface area contributed by atoms with Crippen molar-refractivity contribution >= 4 is 32.3 Å². The Labute approximate surface area is 299 Å². The molecule has 9 aromatic carbocycles. The maximum atomic E-state index is 2.39. The summed E-state index contributed by atoms with van der Waals surface area (Å²) >= 11 is 0. The molecule has 0 heteroatoms. The van der Waals surface area contributed by atoms with Crippen LogP contribution in [0, 0.1) is 0 Å². The first-order valence-corrected chi connectivity index (χ1v) is 17.9. The van der Waals surface area contributed by atoms with Crippen LogP contribution in [0.2, 0.25) is 0 Å². The van der Waals surface area contributed by atoms with Gasteiger partial charge >= 0.3 is 0 Å². The van der Waals surface area contributed by atoms with Crippen molar-refractivity contribution in [1.82, 2.24) is 0 Å². The maximum Gasteiger partial charge on any atom is 0.0158 e. The van der Waals surface area contributed by atoms with Gasteiger partial charge in [-0.15, -0.1) is 0 Å². The van der Waals surface area contributed by atoms with Crippen molar-refractivity contribution < 1.29 is 0 Å². The molecule has 0 radical (unpaired) electrons. The molecule has 0 fully saturated rings. The molecule has 0 bridgehead atoms. The number of rotatable bonds is 4. The highest BCUT2D eigenvalue weighted by Gasteiger charge is 2.35. The molecule has 0 aliphatic heterocycles. The van der Waals surface area contributed by atoms with Crippen molar-refractivity contribution in [2.24, 2.45) is 0 Å². The predicted molar refractivity (Wildman–Crippen MR) is 218 cm³/mol.